The van der Waals surface area contributed by atoms with Gasteiger partial charge in [0.05, 0.1) is 12.2 Å². The fourth-order valence-electron chi connectivity index (χ4n) is 3.21. The number of H-pyrrole nitrogens is 1. The van der Waals surface area contributed by atoms with Crippen LogP contribution in [0.3, 0.4) is 0 Å². The summed E-state index contributed by atoms with van der Waals surface area (Å²) in [5.41, 5.74) is 2.09. The smallest absolute Gasteiger partial charge is 0.225 e. The molecule has 0 aliphatic heterocycles. The Morgan fingerprint density at radius 1 is 1.27 bits per heavy atom. The van der Waals surface area contributed by atoms with Crippen LogP contribution in [0.1, 0.15) is 42.5 Å². The molecule has 3 aromatic rings. The monoisotopic (exact) mass is 429 g/mol. The SMILES string of the molecule is CN(C)CC[C@H](Nc1ncc(Cl)c(Nc2cc(C3CC3)[nH]n2)n1)c1ccc(F)cc1. The van der Waals surface area contributed by atoms with Crippen molar-refractivity contribution in [3.05, 3.63) is 58.6 Å². The Morgan fingerprint density at radius 2 is 2.03 bits per heavy atom. The van der Waals surface area contributed by atoms with E-state index in [1.807, 2.05) is 20.2 Å². The number of hydrogen-bond acceptors (Lipinski definition) is 6. The molecule has 1 aliphatic carbocycles. The molecule has 0 radical (unpaired) electrons. The first kappa shape index (κ1) is 20.6. The summed E-state index contributed by atoms with van der Waals surface area (Å²) in [6.07, 6.45) is 4.75. The first-order chi connectivity index (χ1) is 14.5. The number of nitrogens with zero attached hydrogens (tertiary/aromatic N) is 4. The zero-order chi connectivity index (χ0) is 21.1. The van der Waals surface area contributed by atoms with Crippen molar-refractivity contribution >= 4 is 29.2 Å². The van der Waals surface area contributed by atoms with Crippen LogP contribution in [-0.2, 0) is 0 Å². The Kier molecular flexibility index (Phi) is 6.15. The second-order valence-corrected chi connectivity index (χ2v) is 8.25. The van der Waals surface area contributed by atoms with Gasteiger partial charge in [0, 0.05) is 17.7 Å². The molecule has 2 heterocycles. The number of halogens is 2. The number of aromatic nitrogens is 4. The van der Waals surface area contributed by atoms with Gasteiger partial charge in [-0.25, -0.2) is 9.37 Å². The van der Waals surface area contributed by atoms with E-state index in [0.29, 0.717) is 28.5 Å². The number of rotatable bonds is 9. The van der Waals surface area contributed by atoms with Gasteiger partial charge in [-0.05, 0) is 57.6 Å². The van der Waals surface area contributed by atoms with Crippen LogP contribution in [0.5, 0.6) is 0 Å². The highest BCUT2D eigenvalue weighted by atomic mass is 35.5. The third kappa shape index (κ3) is 5.25. The third-order valence-corrected chi connectivity index (χ3v) is 5.32. The summed E-state index contributed by atoms with van der Waals surface area (Å²) >= 11 is 6.30. The van der Waals surface area contributed by atoms with Crippen LogP contribution < -0.4 is 10.6 Å². The van der Waals surface area contributed by atoms with Crippen molar-refractivity contribution in [2.45, 2.75) is 31.2 Å². The molecule has 1 fully saturated rings. The summed E-state index contributed by atoms with van der Waals surface area (Å²) < 4.78 is 13.4. The molecule has 0 bridgehead atoms. The summed E-state index contributed by atoms with van der Waals surface area (Å²) in [5.74, 6) is 1.91. The fourth-order valence-corrected chi connectivity index (χ4v) is 3.35. The van der Waals surface area contributed by atoms with Crippen LogP contribution in [0.2, 0.25) is 5.02 Å². The zero-order valence-electron chi connectivity index (χ0n) is 17.0. The molecule has 1 aromatic carbocycles. The highest BCUT2D eigenvalue weighted by Gasteiger charge is 2.25. The largest absolute Gasteiger partial charge is 0.347 e. The van der Waals surface area contributed by atoms with Crippen molar-refractivity contribution in [3.63, 3.8) is 0 Å². The van der Waals surface area contributed by atoms with Gasteiger partial charge in [0.2, 0.25) is 5.95 Å². The Labute approximate surface area is 180 Å². The number of nitrogens with one attached hydrogen (secondary N) is 3. The van der Waals surface area contributed by atoms with E-state index in [4.69, 9.17) is 11.6 Å². The van der Waals surface area contributed by atoms with E-state index >= 15 is 0 Å². The summed E-state index contributed by atoms with van der Waals surface area (Å²) in [6, 6.07) is 8.40. The van der Waals surface area contributed by atoms with E-state index in [1.54, 1.807) is 18.3 Å². The molecule has 4 rings (SSSR count). The molecule has 0 amide bonds. The third-order valence-electron chi connectivity index (χ3n) is 5.05. The maximum absolute atomic E-state index is 13.4. The molecule has 0 spiro atoms. The van der Waals surface area contributed by atoms with Gasteiger partial charge in [-0.2, -0.15) is 10.1 Å². The van der Waals surface area contributed by atoms with Crippen LogP contribution in [0.25, 0.3) is 0 Å². The number of hydrogen-bond donors (Lipinski definition) is 3. The summed E-state index contributed by atoms with van der Waals surface area (Å²) in [5, 5.41) is 14.3. The average molecular weight is 430 g/mol. The Hall–Kier alpha value is -2.71. The molecule has 0 unspecified atom stereocenters. The molecule has 3 N–H and O–H groups in total. The molecule has 0 saturated heterocycles. The molecular weight excluding hydrogens is 405 g/mol. The van der Waals surface area contributed by atoms with E-state index in [0.717, 1.165) is 24.2 Å². The lowest BCUT2D eigenvalue weighted by atomic mass is 10.0. The zero-order valence-corrected chi connectivity index (χ0v) is 17.7. The predicted octanol–water partition coefficient (Wildman–Crippen LogP) is 4.72. The van der Waals surface area contributed by atoms with Crippen LogP contribution in [0.15, 0.2) is 36.5 Å². The van der Waals surface area contributed by atoms with E-state index in [9.17, 15) is 4.39 Å². The molecule has 158 valence electrons. The van der Waals surface area contributed by atoms with Gasteiger partial charge < -0.3 is 15.5 Å². The summed E-state index contributed by atoms with van der Waals surface area (Å²) in [6.45, 7) is 0.852. The number of aromatic amines is 1. The lowest BCUT2D eigenvalue weighted by Gasteiger charge is -2.21. The van der Waals surface area contributed by atoms with Crippen molar-refractivity contribution in [3.8, 4) is 0 Å². The standard InChI is InChI=1S/C21H25ClFN7/c1-30(2)10-9-17(13-5-7-15(23)8-6-13)25-21-24-12-16(22)20(27-21)26-19-11-18(28-29-19)14-3-4-14/h5-8,11-12,14,17H,3-4,9-10H2,1-2H3,(H3,24,25,26,27,28,29)/t17-/m0/s1. The van der Waals surface area contributed by atoms with Gasteiger partial charge in [-0.1, -0.05) is 23.7 Å². The fraction of sp³-hybridized carbons (Fsp3) is 0.381. The first-order valence-electron chi connectivity index (χ1n) is 9.99. The van der Waals surface area contributed by atoms with Crippen molar-refractivity contribution in [2.24, 2.45) is 0 Å². The Morgan fingerprint density at radius 3 is 2.73 bits per heavy atom. The minimum absolute atomic E-state index is 0.0751. The van der Waals surface area contributed by atoms with Crippen molar-refractivity contribution in [2.75, 3.05) is 31.3 Å². The van der Waals surface area contributed by atoms with Crippen molar-refractivity contribution in [1.82, 2.24) is 25.1 Å². The molecule has 2 aromatic heterocycles. The normalized spacial score (nSPS) is 14.7. The van der Waals surface area contributed by atoms with E-state index < -0.39 is 0 Å². The molecule has 30 heavy (non-hydrogen) atoms. The molecule has 9 heteroatoms. The summed E-state index contributed by atoms with van der Waals surface area (Å²) in [7, 11) is 4.03. The second kappa shape index (κ2) is 8.97. The van der Waals surface area contributed by atoms with Gasteiger partial charge in [-0.15, -0.1) is 0 Å². The van der Waals surface area contributed by atoms with Gasteiger partial charge in [0.25, 0.3) is 0 Å². The highest BCUT2D eigenvalue weighted by molar-refractivity contribution is 6.32. The van der Waals surface area contributed by atoms with E-state index in [1.165, 1.54) is 25.0 Å². The molecule has 1 atom stereocenters. The van der Waals surface area contributed by atoms with E-state index in [-0.39, 0.29) is 11.9 Å². The lowest BCUT2D eigenvalue weighted by Crippen LogP contribution is -2.21. The minimum atomic E-state index is -0.260. The molecule has 7 nitrogen and oxygen atoms in total. The lowest BCUT2D eigenvalue weighted by molar-refractivity contribution is 0.387. The maximum Gasteiger partial charge on any atom is 0.225 e. The van der Waals surface area contributed by atoms with Crippen LogP contribution in [0.4, 0.5) is 22.0 Å². The first-order valence-corrected chi connectivity index (χ1v) is 10.4. The van der Waals surface area contributed by atoms with E-state index in [2.05, 4.69) is 35.7 Å². The molecular formula is C21H25ClFN7. The van der Waals surface area contributed by atoms with Crippen LogP contribution in [0, 0.1) is 5.82 Å². The predicted molar refractivity (Wildman–Crippen MR) is 117 cm³/mol. The average Bonchev–Trinajstić information content (AvgIpc) is 3.47. The second-order valence-electron chi connectivity index (χ2n) is 7.84. The van der Waals surface area contributed by atoms with Crippen LogP contribution in [-0.4, -0.2) is 45.7 Å². The van der Waals surface area contributed by atoms with Gasteiger partial charge >= 0.3 is 0 Å². The highest BCUT2D eigenvalue weighted by Crippen LogP contribution is 2.39. The van der Waals surface area contributed by atoms with Gasteiger partial charge in [-0.3, -0.25) is 5.10 Å². The quantitative estimate of drug-likeness (QED) is 0.456. The molecule has 1 saturated carbocycles. The minimum Gasteiger partial charge on any atom is -0.347 e. The van der Waals surface area contributed by atoms with Gasteiger partial charge in [0.1, 0.15) is 10.8 Å². The van der Waals surface area contributed by atoms with Gasteiger partial charge in [0.15, 0.2) is 11.6 Å². The van der Waals surface area contributed by atoms with Crippen LogP contribution >= 0.6 is 11.6 Å². The Balaban J connectivity index is 1.51. The number of benzene rings is 1. The van der Waals surface area contributed by atoms with Crippen molar-refractivity contribution < 1.29 is 4.39 Å². The number of anilines is 3. The summed E-state index contributed by atoms with van der Waals surface area (Å²) in [4.78, 5) is 11.0. The Bertz CT molecular complexity index is 985. The maximum atomic E-state index is 13.4. The molecule has 1 aliphatic rings. The topological polar surface area (TPSA) is 81.8 Å². The van der Waals surface area contributed by atoms with Crippen molar-refractivity contribution in [1.29, 1.82) is 0 Å².